The first kappa shape index (κ1) is 15.2. The fraction of sp³-hybridized carbons (Fsp3) is 0.250. The Morgan fingerprint density at radius 1 is 1.27 bits per heavy atom. The number of rotatable bonds is 5. The first-order valence-corrected chi connectivity index (χ1v) is 8.17. The van der Waals surface area contributed by atoms with Crippen LogP contribution in [0.2, 0.25) is 5.02 Å². The summed E-state index contributed by atoms with van der Waals surface area (Å²) >= 11 is 7.85. The second-order valence-electron chi connectivity index (χ2n) is 5.15. The predicted molar refractivity (Wildman–Crippen MR) is 89.0 cm³/mol. The minimum absolute atomic E-state index is 0.628. The molecule has 0 aliphatic rings. The molecule has 1 aromatic carbocycles. The van der Waals surface area contributed by atoms with E-state index in [1.54, 1.807) is 17.5 Å². The lowest BCUT2D eigenvalue weighted by Crippen LogP contribution is -2.17. The summed E-state index contributed by atoms with van der Waals surface area (Å²) in [6.07, 6.45) is 1.72. The van der Waals surface area contributed by atoms with Gasteiger partial charge in [-0.3, -0.25) is 4.90 Å². The number of hydrogen-bond donors (Lipinski definition) is 0. The van der Waals surface area contributed by atoms with Gasteiger partial charge in [0.2, 0.25) is 5.89 Å². The van der Waals surface area contributed by atoms with E-state index >= 15 is 0 Å². The van der Waals surface area contributed by atoms with Gasteiger partial charge in [-0.05, 0) is 26.1 Å². The van der Waals surface area contributed by atoms with Crippen molar-refractivity contribution in [3.63, 3.8) is 0 Å². The normalized spacial score (nSPS) is 11.3. The number of aryl methyl sites for hydroxylation is 1. The molecule has 114 valence electrons. The summed E-state index contributed by atoms with van der Waals surface area (Å²) in [5.74, 6) is 1.37. The largest absolute Gasteiger partial charge is 0.439 e. The highest BCUT2D eigenvalue weighted by Gasteiger charge is 2.12. The van der Waals surface area contributed by atoms with Crippen LogP contribution in [0.3, 0.4) is 0 Å². The van der Waals surface area contributed by atoms with Crippen LogP contribution in [0.4, 0.5) is 0 Å². The fourth-order valence-corrected chi connectivity index (χ4v) is 3.24. The topological polar surface area (TPSA) is 42.2 Å². The quantitative estimate of drug-likeness (QED) is 0.694. The Labute approximate surface area is 138 Å². The summed E-state index contributed by atoms with van der Waals surface area (Å²) in [7, 11) is 2.02. The predicted octanol–water partition coefficient (Wildman–Crippen LogP) is 4.39. The Bertz CT molecular complexity index is 768. The van der Waals surface area contributed by atoms with Crippen LogP contribution in [0, 0.1) is 6.92 Å². The monoisotopic (exact) mass is 333 g/mol. The lowest BCUT2D eigenvalue weighted by atomic mass is 10.2. The number of benzene rings is 1. The maximum Gasteiger partial charge on any atom is 0.209 e. The molecule has 0 spiro atoms. The highest BCUT2D eigenvalue weighted by molar-refractivity contribution is 7.09. The van der Waals surface area contributed by atoms with E-state index in [0.29, 0.717) is 23.2 Å². The fourth-order valence-electron chi connectivity index (χ4n) is 2.16. The van der Waals surface area contributed by atoms with Crippen molar-refractivity contribution in [3.8, 4) is 11.3 Å². The van der Waals surface area contributed by atoms with Crippen LogP contribution in [0.1, 0.15) is 16.6 Å². The van der Waals surface area contributed by atoms with Gasteiger partial charge in [-0.15, -0.1) is 11.3 Å². The van der Waals surface area contributed by atoms with Gasteiger partial charge in [0.1, 0.15) is 5.01 Å². The average molecular weight is 334 g/mol. The number of aromatic nitrogens is 2. The zero-order chi connectivity index (χ0) is 15.5. The molecule has 2 heterocycles. The summed E-state index contributed by atoms with van der Waals surface area (Å²) in [5.41, 5.74) is 1.92. The highest BCUT2D eigenvalue weighted by atomic mass is 35.5. The maximum absolute atomic E-state index is 6.18. The van der Waals surface area contributed by atoms with Gasteiger partial charge in [-0.25, -0.2) is 9.97 Å². The third kappa shape index (κ3) is 3.55. The molecule has 0 bridgehead atoms. The van der Waals surface area contributed by atoms with Crippen LogP contribution in [-0.4, -0.2) is 21.9 Å². The second-order valence-corrected chi connectivity index (χ2v) is 6.50. The van der Waals surface area contributed by atoms with Crippen molar-refractivity contribution in [1.29, 1.82) is 0 Å². The summed E-state index contributed by atoms with van der Waals surface area (Å²) in [4.78, 5) is 10.9. The minimum atomic E-state index is 0.628. The molecule has 0 amide bonds. The van der Waals surface area contributed by atoms with Gasteiger partial charge in [-0.1, -0.05) is 23.7 Å². The summed E-state index contributed by atoms with van der Waals surface area (Å²) < 4.78 is 5.81. The standard InChI is InChI=1S/C16H16ClN3OS/c1-11-10-22-16(19-11)9-20(2)8-15-18-7-14(21-15)12-5-3-4-6-13(12)17/h3-7,10H,8-9H2,1-2H3. The van der Waals surface area contributed by atoms with E-state index < -0.39 is 0 Å². The van der Waals surface area contributed by atoms with E-state index in [-0.39, 0.29) is 0 Å². The highest BCUT2D eigenvalue weighted by Crippen LogP contribution is 2.28. The summed E-state index contributed by atoms with van der Waals surface area (Å²) in [5, 5.41) is 3.82. The van der Waals surface area contributed by atoms with Crippen molar-refractivity contribution in [2.24, 2.45) is 0 Å². The molecule has 0 radical (unpaired) electrons. The summed E-state index contributed by atoms with van der Waals surface area (Å²) in [6, 6.07) is 7.60. The molecule has 0 saturated carbocycles. The van der Waals surface area contributed by atoms with Crippen LogP contribution in [0.15, 0.2) is 40.3 Å². The summed E-state index contributed by atoms with van der Waals surface area (Å²) in [6.45, 7) is 3.41. The Hall–Kier alpha value is -1.69. The molecule has 4 nitrogen and oxygen atoms in total. The Kier molecular flexibility index (Phi) is 4.57. The molecule has 2 aromatic heterocycles. The lowest BCUT2D eigenvalue weighted by Gasteiger charge is -2.12. The average Bonchev–Trinajstić information content (AvgIpc) is 3.09. The molecule has 0 aliphatic heterocycles. The van der Waals surface area contributed by atoms with Gasteiger partial charge in [0.25, 0.3) is 0 Å². The number of oxazole rings is 1. The molecule has 0 saturated heterocycles. The molecular weight excluding hydrogens is 318 g/mol. The van der Waals surface area contributed by atoms with E-state index in [9.17, 15) is 0 Å². The van der Waals surface area contributed by atoms with E-state index in [2.05, 4.69) is 20.2 Å². The SMILES string of the molecule is Cc1csc(CN(C)Cc2ncc(-c3ccccc3Cl)o2)n1. The van der Waals surface area contributed by atoms with Crippen molar-refractivity contribution in [3.05, 3.63) is 57.5 Å². The van der Waals surface area contributed by atoms with Gasteiger partial charge < -0.3 is 4.42 Å². The van der Waals surface area contributed by atoms with Gasteiger partial charge in [0.05, 0.1) is 24.3 Å². The van der Waals surface area contributed by atoms with Crippen molar-refractivity contribution >= 4 is 22.9 Å². The molecule has 0 fully saturated rings. The van der Waals surface area contributed by atoms with Crippen LogP contribution in [0.25, 0.3) is 11.3 Å². The van der Waals surface area contributed by atoms with Crippen molar-refractivity contribution in [2.45, 2.75) is 20.0 Å². The molecule has 0 unspecified atom stereocenters. The Morgan fingerprint density at radius 2 is 2.09 bits per heavy atom. The van der Waals surface area contributed by atoms with Gasteiger partial charge in [0, 0.05) is 16.6 Å². The van der Waals surface area contributed by atoms with E-state index in [1.165, 1.54) is 0 Å². The van der Waals surface area contributed by atoms with Gasteiger partial charge in [0.15, 0.2) is 5.76 Å². The molecule has 0 aliphatic carbocycles. The van der Waals surface area contributed by atoms with Crippen molar-refractivity contribution in [1.82, 2.24) is 14.9 Å². The number of nitrogens with zero attached hydrogens (tertiary/aromatic N) is 3. The first-order valence-electron chi connectivity index (χ1n) is 6.91. The molecule has 0 atom stereocenters. The molecule has 22 heavy (non-hydrogen) atoms. The van der Waals surface area contributed by atoms with Crippen LogP contribution >= 0.6 is 22.9 Å². The Balaban J connectivity index is 1.68. The van der Waals surface area contributed by atoms with Crippen molar-refractivity contribution in [2.75, 3.05) is 7.05 Å². The third-order valence-electron chi connectivity index (χ3n) is 3.17. The molecule has 6 heteroatoms. The molecule has 0 N–H and O–H groups in total. The molecular formula is C16H16ClN3OS. The van der Waals surface area contributed by atoms with Gasteiger partial charge in [-0.2, -0.15) is 0 Å². The number of thiazole rings is 1. The third-order valence-corrected chi connectivity index (χ3v) is 4.45. The zero-order valence-corrected chi connectivity index (χ0v) is 14.0. The van der Waals surface area contributed by atoms with E-state index in [1.807, 2.05) is 38.2 Å². The first-order chi connectivity index (χ1) is 10.6. The number of hydrogen-bond acceptors (Lipinski definition) is 5. The van der Waals surface area contributed by atoms with E-state index in [0.717, 1.165) is 22.8 Å². The van der Waals surface area contributed by atoms with Crippen LogP contribution < -0.4 is 0 Å². The minimum Gasteiger partial charge on any atom is -0.439 e. The van der Waals surface area contributed by atoms with E-state index in [4.69, 9.17) is 16.0 Å². The number of halogens is 1. The van der Waals surface area contributed by atoms with Crippen LogP contribution in [0.5, 0.6) is 0 Å². The smallest absolute Gasteiger partial charge is 0.209 e. The van der Waals surface area contributed by atoms with Crippen molar-refractivity contribution < 1.29 is 4.42 Å². The maximum atomic E-state index is 6.18. The molecule has 3 aromatic rings. The molecule has 3 rings (SSSR count). The zero-order valence-electron chi connectivity index (χ0n) is 12.4. The second kappa shape index (κ2) is 6.60. The van der Waals surface area contributed by atoms with Gasteiger partial charge >= 0.3 is 0 Å². The Morgan fingerprint density at radius 3 is 2.82 bits per heavy atom. The van der Waals surface area contributed by atoms with Crippen LogP contribution in [-0.2, 0) is 13.1 Å². The lowest BCUT2D eigenvalue weighted by molar-refractivity contribution is 0.282.